The fraction of sp³-hybridized carbons (Fsp3) is 0.0909. The molecule has 5 heteroatoms. The van der Waals surface area contributed by atoms with Crippen LogP contribution in [0.4, 0.5) is 11.8 Å². The standard InChI is InChI=1S/C11H11ClN4/c1-6-2-3-7(4-8(6)12)9-5-10(13)16-11(14)15-9/h2-5H,1H3,(H4,13,14,15,16). The largest absolute Gasteiger partial charge is 0.384 e. The Bertz CT molecular complexity index is 519. The maximum absolute atomic E-state index is 6.04. The number of nitrogens with zero attached hydrogens (tertiary/aromatic N) is 2. The summed E-state index contributed by atoms with van der Waals surface area (Å²) < 4.78 is 0. The molecule has 0 spiro atoms. The summed E-state index contributed by atoms with van der Waals surface area (Å²) in [6.07, 6.45) is 0. The normalized spacial score (nSPS) is 10.4. The molecule has 0 amide bonds. The van der Waals surface area contributed by atoms with Crippen molar-refractivity contribution in [2.24, 2.45) is 0 Å². The monoisotopic (exact) mass is 234 g/mol. The van der Waals surface area contributed by atoms with Gasteiger partial charge < -0.3 is 11.5 Å². The molecule has 2 aromatic rings. The summed E-state index contributed by atoms with van der Waals surface area (Å²) >= 11 is 6.04. The third-order valence-corrected chi connectivity index (χ3v) is 2.64. The number of nitrogen functional groups attached to an aromatic ring is 2. The predicted octanol–water partition coefficient (Wildman–Crippen LogP) is 2.27. The highest BCUT2D eigenvalue weighted by Gasteiger charge is 2.04. The molecule has 1 aromatic carbocycles. The molecule has 0 bridgehead atoms. The van der Waals surface area contributed by atoms with Gasteiger partial charge in [0.2, 0.25) is 5.95 Å². The molecule has 1 heterocycles. The van der Waals surface area contributed by atoms with Gasteiger partial charge in [-0.2, -0.15) is 4.98 Å². The molecule has 82 valence electrons. The number of hydrogen-bond acceptors (Lipinski definition) is 4. The van der Waals surface area contributed by atoms with Crippen molar-refractivity contribution in [3.8, 4) is 11.3 Å². The Morgan fingerprint density at radius 1 is 1.12 bits per heavy atom. The Labute approximate surface area is 98.3 Å². The van der Waals surface area contributed by atoms with Gasteiger partial charge in [-0.05, 0) is 18.6 Å². The molecule has 4 nitrogen and oxygen atoms in total. The lowest BCUT2D eigenvalue weighted by atomic mass is 10.1. The van der Waals surface area contributed by atoms with Crippen LogP contribution in [0.25, 0.3) is 11.3 Å². The molecule has 0 saturated carbocycles. The summed E-state index contributed by atoms with van der Waals surface area (Å²) in [6, 6.07) is 7.34. The second-order valence-electron chi connectivity index (χ2n) is 3.50. The second kappa shape index (κ2) is 3.98. The highest BCUT2D eigenvalue weighted by Crippen LogP contribution is 2.25. The summed E-state index contributed by atoms with van der Waals surface area (Å²) in [5, 5.41) is 0.688. The highest BCUT2D eigenvalue weighted by atomic mass is 35.5. The summed E-state index contributed by atoms with van der Waals surface area (Å²) in [5.74, 6) is 0.505. The van der Waals surface area contributed by atoms with Gasteiger partial charge in [0.05, 0.1) is 5.69 Å². The van der Waals surface area contributed by atoms with E-state index in [0.29, 0.717) is 16.5 Å². The van der Waals surface area contributed by atoms with E-state index in [-0.39, 0.29) is 5.95 Å². The molecule has 0 aliphatic heterocycles. The van der Waals surface area contributed by atoms with Gasteiger partial charge in [-0.25, -0.2) is 4.98 Å². The summed E-state index contributed by atoms with van der Waals surface area (Å²) in [6.45, 7) is 1.94. The first-order valence-corrected chi connectivity index (χ1v) is 5.10. The van der Waals surface area contributed by atoms with E-state index >= 15 is 0 Å². The Kier molecular flexibility index (Phi) is 2.66. The second-order valence-corrected chi connectivity index (χ2v) is 3.91. The Morgan fingerprint density at radius 3 is 2.50 bits per heavy atom. The zero-order valence-corrected chi connectivity index (χ0v) is 9.49. The number of aromatic nitrogens is 2. The Morgan fingerprint density at radius 2 is 1.88 bits per heavy atom. The van der Waals surface area contributed by atoms with Crippen LogP contribution in [0, 0.1) is 6.92 Å². The van der Waals surface area contributed by atoms with E-state index in [1.807, 2.05) is 25.1 Å². The van der Waals surface area contributed by atoms with Crippen molar-refractivity contribution in [3.05, 3.63) is 34.9 Å². The molecule has 0 saturated heterocycles. The van der Waals surface area contributed by atoms with Crippen molar-refractivity contribution in [3.63, 3.8) is 0 Å². The molecule has 0 fully saturated rings. The van der Waals surface area contributed by atoms with Gasteiger partial charge in [0.15, 0.2) is 0 Å². The number of benzene rings is 1. The molecule has 0 radical (unpaired) electrons. The van der Waals surface area contributed by atoms with Crippen LogP contribution in [-0.4, -0.2) is 9.97 Å². The summed E-state index contributed by atoms with van der Waals surface area (Å²) in [7, 11) is 0. The molecule has 16 heavy (non-hydrogen) atoms. The lowest BCUT2D eigenvalue weighted by molar-refractivity contribution is 1.20. The SMILES string of the molecule is Cc1ccc(-c2cc(N)nc(N)n2)cc1Cl. The first-order valence-electron chi connectivity index (χ1n) is 4.73. The minimum atomic E-state index is 0.159. The Balaban J connectivity index is 2.54. The molecule has 4 N–H and O–H groups in total. The van der Waals surface area contributed by atoms with Crippen molar-refractivity contribution in [1.29, 1.82) is 0 Å². The predicted molar refractivity (Wildman–Crippen MR) is 66.0 cm³/mol. The minimum absolute atomic E-state index is 0.159. The molecular formula is C11H11ClN4. The average Bonchev–Trinajstić information content (AvgIpc) is 2.20. The molecule has 0 aliphatic carbocycles. The van der Waals surface area contributed by atoms with Crippen LogP contribution in [0.3, 0.4) is 0 Å². The number of nitrogens with two attached hydrogens (primary N) is 2. The third-order valence-electron chi connectivity index (χ3n) is 2.23. The third kappa shape index (κ3) is 2.06. The molecule has 0 aliphatic rings. The lowest BCUT2D eigenvalue weighted by Gasteiger charge is -2.05. The van der Waals surface area contributed by atoms with Gasteiger partial charge in [0.1, 0.15) is 5.82 Å². The quantitative estimate of drug-likeness (QED) is 0.794. The topological polar surface area (TPSA) is 77.8 Å². The number of rotatable bonds is 1. The van der Waals surface area contributed by atoms with E-state index in [9.17, 15) is 0 Å². The molecular weight excluding hydrogens is 224 g/mol. The average molecular weight is 235 g/mol. The van der Waals surface area contributed by atoms with Crippen LogP contribution in [0.1, 0.15) is 5.56 Å². The van der Waals surface area contributed by atoms with Crippen molar-refractivity contribution in [1.82, 2.24) is 9.97 Å². The van der Waals surface area contributed by atoms with Gasteiger partial charge in [-0.15, -0.1) is 0 Å². The van der Waals surface area contributed by atoms with Gasteiger partial charge >= 0.3 is 0 Å². The molecule has 0 atom stereocenters. The number of halogens is 1. The van der Waals surface area contributed by atoms with E-state index in [0.717, 1.165) is 11.1 Å². The molecule has 1 aromatic heterocycles. The number of hydrogen-bond donors (Lipinski definition) is 2. The van der Waals surface area contributed by atoms with Crippen LogP contribution in [0.2, 0.25) is 5.02 Å². The highest BCUT2D eigenvalue weighted by molar-refractivity contribution is 6.31. The van der Waals surface area contributed by atoms with Crippen LogP contribution in [-0.2, 0) is 0 Å². The van der Waals surface area contributed by atoms with E-state index in [4.69, 9.17) is 23.1 Å². The zero-order valence-electron chi connectivity index (χ0n) is 8.74. The fourth-order valence-corrected chi connectivity index (χ4v) is 1.57. The first-order chi connectivity index (χ1) is 7.56. The maximum atomic E-state index is 6.04. The van der Waals surface area contributed by atoms with Crippen LogP contribution < -0.4 is 11.5 Å². The van der Waals surface area contributed by atoms with Crippen LogP contribution in [0.5, 0.6) is 0 Å². The number of aryl methyl sites for hydroxylation is 1. The van der Waals surface area contributed by atoms with Crippen LogP contribution >= 0.6 is 11.6 Å². The van der Waals surface area contributed by atoms with Crippen molar-refractivity contribution in [2.45, 2.75) is 6.92 Å². The fourth-order valence-electron chi connectivity index (χ4n) is 1.39. The minimum Gasteiger partial charge on any atom is -0.384 e. The first kappa shape index (κ1) is 10.7. The Hall–Kier alpha value is -1.81. The van der Waals surface area contributed by atoms with E-state index in [1.54, 1.807) is 6.07 Å². The van der Waals surface area contributed by atoms with Crippen molar-refractivity contribution in [2.75, 3.05) is 11.5 Å². The summed E-state index contributed by atoms with van der Waals surface area (Å²) in [4.78, 5) is 7.91. The van der Waals surface area contributed by atoms with Gasteiger partial charge in [0.25, 0.3) is 0 Å². The molecule has 2 rings (SSSR count). The van der Waals surface area contributed by atoms with E-state index in [2.05, 4.69) is 9.97 Å². The van der Waals surface area contributed by atoms with Gasteiger partial charge in [-0.1, -0.05) is 23.7 Å². The van der Waals surface area contributed by atoms with Gasteiger partial charge in [0, 0.05) is 16.7 Å². The van der Waals surface area contributed by atoms with Crippen molar-refractivity contribution >= 4 is 23.4 Å². The lowest BCUT2D eigenvalue weighted by Crippen LogP contribution is -2.00. The van der Waals surface area contributed by atoms with Crippen LogP contribution in [0.15, 0.2) is 24.3 Å². The maximum Gasteiger partial charge on any atom is 0.222 e. The number of anilines is 2. The van der Waals surface area contributed by atoms with Crippen molar-refractivity contribution < 1.29 is 0 Å². The smallest absolute Gasteiger partial charge is 0.222 e. The molecule has 0 unspecified atom stereocenters. The van der Waals surface area contributed by atoms with E-state index < -0.39 is 0 Å². The van der Waals surface area contributed by atoms with E-state index in [1.165, 1.54) is 0 Å². The zero-order chi connectivity index (χ0) is 11.7. The summed E-state index contributed by atoms with van der Waals surface area (Å²) in [5.41, 5.74) is 13.7. The van der Waals surface area contributed by atoms with Gasteiger partial charge in [-0.3, -0.25) is 0 Å².